The quantitative estimate of drug-likeness (QED) is 0.247. The number of fused-ring (bicyclic) bond motifs is 5. The van der Waals surface area contributed by atoms with Crippen molar-refractivity contribution in [2.75, 3.05) is 50.9 Å². The molecule has 0 radical (unpaired) electrons. The van der Waals surface area contributed by atoms with Crippen LogP contribution in [0.15, 0.2) is 36.5 Å². The number of nitrogens with zero attached hydrogens (tertiary/aromatic N) is 6. The number of rotatable bonds is 5. The Morgan fingerprint density at radius 3 is 2.76 bits per heavy atom. The molecule has 0 aliphatic carbocycles. The zero-order chi connectivity index (χ0) is 30.9. The number of benzene rings is 3. The van der Waals surface area contributed by atoms with Crippen molar-refractivity contribution in [3.8, 4) is 29.5 Å². The largest absolute Gasteiger partial charge is 0.461 e. The molecule has 45 heavy (non-hydrogen) atoms. The summed E-state index contributed by atoms with van der Waals surface area (Å²) in [6, 6.07) is 8.30. The molecule has 0 saturated carbocycles. The van der Waals surface area contributed by atoms with Gasteiger partial charge < -0.3 is 14.4 Å². The third-order valence-electron chi connectivity index (χ3n) is 9.58. The summed E-state index contributed by atoms with van der Waals surface area (Å²) in [7, 11) is 1.77. The molecule has 0 amide bonds. The first kappa shape index (κ1) is 28.1. The molecule has 0 N–H and O–H groups in total. The van der Waals surface area contributed by atoms with E-state index in [1.165, 1.54) is 6.07 Å². The van der Waals surface area contributed by atoms with Crippen LogP contribution in [-0.4, -0.2) is 82.4 Å². The van der Waals surface area contributed by atoms with E-state index < -0.39 is 23.3 Å². The van der Waals surface area contributed by atoms with E-state index in [1.807, 2.05) is 17.2 Å². The van der Waals surface area contributed by atoms with Gasteiger partial charge in [-0.15, -0.1) is 6.42 Å². The van der Waals surface area contributed by atoms with Crippen molar-refractivity contribution in [3.05, 3.63) is 53.7 Å². The van der Waals surface area contributed by atoms with Gasteiger partial charge in [-0.05, 0) is 36.4 Å². The van der Waals surface area contributed by atoms with Gasteiger partial charge >= 0.3 is 6.01 Å². The van der Waals surface area contributed by atoms with Crippen LogP contribution in [0.5, 0.6) is 6.01 Å². The van der Waals surface area contributed by atoms with Gasteiger partial charge in [0.05, 0.1) is 29.7 Å². The van der Waals surface area contributed by atoms with Crippen LogP contribution in [0.1, 0.15) is 24.8 Å². The summed E-state index contributed by atoms with van der Waals surface area (Å²) in [6.07, 6.45) is 8.86. The molecule has 8 rings (SSSR count). The molecule has 3 aliphatic rings. The van der Waals surface area contributed by atoms with Crippen molar-refractivity contribution in [2.45, 2.75) is 31.0 Å². The molecular weight excluding hydrogens is 581 g/mol. The molecule has 0 spiro atoms. The molecule has 3 aromatic carbocycles. The minimum Gasteiger partial charge on any atom is -0.461 e. The van der Waals surface area contributed by atoms with Crippen LogP contribution in [0.3, 0.4) is 0 Å². The second-order valence-corrected chi connectivity index (χ2v) is 12.2. The molecule has 2 aromatic heterocycles. The van der Waals surface area contributed by atoms with Gasteiger partial charge in [-0.25, -0.2) is 13.2 Å². The molecule has 0 unspecified atom stereocenters. The number of halogens is 3. The first-order valence-electron chi connectivity index (χ1n) is 15.3. The van der Waals surface area contributed by atoms with Crippen molar-refractivity contribution >= 4 is 38.4 Å². The number of aryl methyl sites for hydroxylation is 1. The number of hydrogen-bond acceptors (Lipinski definition) is 7. The summed E-state index contributed by atoms with van der Waals surface area (Å²) in [4.78, 5) is 13.7. The van der Waals surface area contributed by atoms with Gasteiger partial charge in [-0.1, -0.05) is 30.2 Å². The van der Waals surface area contributed by atoms with E-state index in [-0.39, 0.29) is 29.3 Å². The van der Waals surface area contributed by atoms with E-state index in [1.54, 1.807) is 29.9 Å². The zero-order valence-corrected chi connectivity index (χ0v) is 24.8. The van der Waals surface area contributed by atoms with E-state index in [2.05, 4.69) is 20.9 Å². The Kier molecular flexibility index (Phi) is 6.62. The van der Waals surface area contributed by atoms with Gasteiger partial charge in [0.25, 0.3) is 0 Å². The highest BCUT2D eigenvalue weighted by molar-refractivity contribution is 6.18. The van der Waals surface area contributed by atoms with Crippen molar-refractivity contribution < 1.29 is 22.6 Å². The minimum absolute atomic E-state index is 0.0221. The topological polar surface area (TPSA) is 68.5 Å². The van der Waals surface area contributed by atoms with Crippen LogP contribution in [0.25, 0.3) is 43.7 Å². The van der Waals surface area contributed by atoms with E-state index in [4.69, 9.17) is 20.9 Å². The van der Waals surface area contributed by atoms with Crippen molar-refractivity contribution in [2.24, 2.45) is 7.05 Å². The zero-order valence-electron chi connectivity index (χ0n) is 24.8. The van der Waals surface area contributed by atoms with Gasteiger partial charge in [0.1, 0.15) is 35.4 Å². The number of ether oxygens (including phenoxy) is 2. The van der Waals surface area contributed by atoms with Crippen LogP contribution < -0.4 is 9.64 Å². The molecule has 8 nitrogen and oxygen atoms in total. The maximum atomic E-state index is 17.2. The molecular formula is C34H31F3N6O2. The summed E-state index contributed by atoms with van der Waals surface area (Å²) in [5, 5.41) is 6.93. The van der Waals surface area contributed by atoms with Crippen molar-refractivity contribution in [3.63, 3.8) is 0 Å². The first-order valence-corrected chi connectivity index (χ1v) is 15.3. The van der Waals surface area contributed by atoms with Crippen molar-refractivity contribution in [1.82, 2.24) is 24.6 Å². The Bertz CT molecular complexity index is 2030. The van der Waals surface area contributed by atoms with Crippen LogP contribution >= 0.6 is 0 Å². The molecule has 5 aromatic rings. The lowest BCUT2D eigenvalue weighted by molar-refractivity contribution is 0.107. The van der Waals surface area contributed by atoms with Crippen LogP contribution in [-0.2, 0) is 11.8 Å². The number of aromatic nitrogens is 4. The molecule has 3 fully saturated rings. The third-order valence-corrected chi connectivity index (χ3v) is 9.58. The number of hydrogen-bond donors (Lipinski definition) is 0. The van der Waals surface area contributed by atoms with Gasteiger partial charge in [0.15, 0.2) is 5.82 Å². The van der Waals surface area contributed by atoms with E-state index in [0.29, 0.717) is 77.7 Å². The number of terminal acetylenes is 1. The molecule has 230 valence electrons. The summed E-state index contributed by atoms with van der Waals surface area (Å²) in [5.74, 6) is 1.79. The highest BCUT2D eigenvalue weighted by atomic mass is 19.1. The Morgan fingerprint density at radius 2 is 1.93 bits per heavy atom. The Balaban J connectivity index is 1.37. The number of morpholine rings is 1. The molecule has 5 heterocycles. The van der Waals surface area contributed by atoms with E-state index in [9.17, 15) is 8.78 Å². The first-order chi connectivity index (χ1) is 21.9. The normalized spacial score (nSPS) is 22.0. The number of anilines is 1. The standard InChI is InChI=1S/C34H31F3N6O2/c1-3-22-25(36)9-8-20-6-4-7-23(26(20)22)27-29(37)31-28(24-18-41(2)40-30(24)27)32(42-12-14-44-15-13-42)39-33(38-31)45-19-34-10-5-11-43(34)17-21(35)16-34/h1,4,6-9,18,21H,5,10-17,19H2,2H3/t21-,34+/m1/s1. The lowest BCUT2D eigenvalue weighted by Crippen LogP contribution is -2.43. The average Bonchev–Trinajstić information content (AvgIpc) is 3.71. The van der Waals surface area contributed by atoms with Gasteiger partial charge in [-0.3, -0.25) is 9.58 Å². The van der Waals surface area contributed by atoms with Gasteiger partial charge in [0.2, 0.25) is 0 Å². The summed E-state index contributed by atoms with van der Waals surface area (Å²) < 4.78 is 60.2. The fourth-order valence-electron chi connectivity index (χ4n) is 7.58. The number of alkyl halides is 1. The van der Waals surface area contributed by atoms with Crippen LogP contribution in [0, 0.1) is 24.0 Å². The summed E-state index contributed by atoms with van der Waals surface area (Å²) >= 11 is 0. The highest BCUT2D eigenvalue weighted by Crippen LogP contribution is 2.44. The molecule has 2 atom stereocenters. The lowest BCUT2D eigenvalue weighted by atomic mass is 9.92. The Hall–Kier alpha value is -4.40. The smallest absolute Gasteiger partial charge is 0.319 e. The average molecular weight is 613 g/mol. The van der Waals surface area contributed by atoms with Crippen LogP contribution in [0.2, 0.25) is 0 Å². The predicted molar refractivity (Wildman–Crippen MR) is 166 cm³/mol. The minimum atomic E-state index is -0.910. The van der Waals surface area contributed by atoms with E-state index in [0.717, 1.165) is 19.4 Å². The maximum Gasteiger partial charge on any atom is 0.319 e. The fraction of sp³-hybridized carbons (Fsp3) is 0.382. The molecule has 3 saturated heterocycles. The monoisotopic (exact) mass is 612 g/mol. The van der Waals surface area contributed by atoms with Crippen molar-refractivity contribution in [1.29, 1.82) is 0 Å². The molecule has 11 heteroatoms. The second kappa shape index (κ2) is 10.6. The fourth-order valence-corrected chi connectivity index (χ4v) is 7.58. The second-order valence-electron chi connectivity index (χ2n) is 12.2. The third kappa shape index (κ3) is 4.42. The molecule has 0 bridgehead atoms. The Morgan fingerprint density at radius 1 is 1.09 bits per heavy atom. The van der Waals surface area contributed by atoms with E-state index >= 15 is 4.39 Å². The summed E-state index contributed by atoms with van der Waals surface area (Å²) in [6.45, 7) is 3.50. The summed E-state index contributed by atoms with van der Waals surface area (Å²) in [5.41, 5.74) is 0.651. The SMILES string of the molecule is C#Cc1c(F)ccc2cccc(-c3c(F)c4nc(OC[C@@]56CCCN5C[C@H](F)C6)nc(N5CCOCC5)c4c4cn(C)nc34)c12. The van der Waals surface area contributed by atoms with Gasteiger partial charge in [-0.2, -0.15) is 15.1 Å². The predicted octanol–water partition coefficient (Wildman–Crippen LogP) is 5.39. The van der Waals surface area contributed by atoms with Gasteiger partial charge in [0, 0.05) is 55.6 Å². The highest BCUT2D eigenvalue weighted by Gasteiger charge is 2.49. The van der Waals surface area contributed by atoms with Crippen LogP contribution in [0.4, 0.5) is 19.0 Å². The lowest BCUT2D eigenvalue weighted by Gasteiger charge is -2.31. The Labute approximate surface area is 257 Å². The maximum absolute atomic E-state index is 17.2. The molecule has 3 aliphatic heterocycles.